The average molecular weight is 481 g/mol. The molecule has 1 amide bonds. The summed E-state index contributed by atoms with van der Waals surface area (Å²) in [5.74, 6) is -0.330. The van der Waals surface area contributed by atoms with E-state index in [9.17, 15) is 9.18 Å². The van der Waals surface area contributed by atoms with Crippen LogP contribution in [0.4, 0.5) is 9.52 Å². The molecule has 2 aromatic heterocycles. The third kappa shape index (κ3) is 4.99. The molecule has 6 nitrogen and oxygen atoms in total. The van der Waals surface area contributed by atoms with Crippen molar-refractivity contribution in [2.24, 2.45) is 0 Å². The first-order valence-corrected chi connectivity index (χ1v) is 12.5. The summed E-state index contributed by atoms with van der Waals surface area (Å²) in [5, 5.41) is 8.85. The first-order chi connectivity index (χ1) is 16.2. The van der Waals surface area contributed by atoms with Gasteiger partial charge in [0.2, 0.25) is 5.91 Å². The van der Waals surface area contributed by atoms with E-state index < -0.39 is 5.82 Å². The Balaban J connectivity index is 1.33. The molecule has 33 heavy (non-hydrogen) atoms. The van der Waals surface area contributed by atoms with Crippen molar-refractivity contribution < 1.29 is 13.6 Å². The lowest BCUT2D eigenvalue weighted by Crippen LogP contribution is -2.31. The molecule has 0 N–H and O–H groups in total. The van der Waals surface area contributed by atoms with Gasteiger partial charge in [-0.25, -0.2) is 9.37 Å². The maximum atomic E-state index is 14.0. The van der Waals surface area contributed by atoms with Gasteiger partial charge in [0.1, 0.15) is 5.82 Å². The molecule has 0 unspecified atom stereocenters. The van der Waals surface area contributed by atoms with E-state index in [4.69, 9.17) is 9.40 Å². The number of aryl methyl sites for hydroxylation is 2. The third-order valence-electron chi connectivity index (χ3n) is 5.38. The minimum Gasteiger partial charge on any atom is -0.411 e. The highest BCUT2D eigenvalue weighted by Crippen LogP contribution is 2.33. The van der Waals surface area contributed by atoms with Gasteiger partial charge in [-0.1, -0.05) is 54.2 Å². The van der Waals surface area contributed by atoms with E-state index >= 15 is 0 Å². The number of nitrogens with zero attached hydrogens (tertiary/aromatic N) is 4. The second-order valence-electron chi connectivity index (χ2n) is 7.68. The molecular formula is C24H21FN4O2S2. The number of rotatable bonds is 7. The van der Waals surface area contributed by atoms with Crippen LogP contribution in [0.5, 0.6) is 0 Å². The van der Waals surface area contributed by atoms with Crippen LogP contribution in [0.3, 0.4) is 0 Å². The topological polar surface area (TPSA) is 72.1 Å². The Bertz CT molecular complexity index is 1230. The van der Waals surface area contributed by atoms with Crippen molar-refractivity contribution in [2.45, 2.75) is 37.5 Å². The van der Waals surface area contributed by atoms with Crippen molar-refractivity contribution in [2.75, 3.05) is 10.7 Å². The van der Waals surface area contributed by atoms with E-state index in [1.165, 1.54) is 17.4 Å². The second-order valence-corrected chi connectivity index (χ2v) is 9.67. The van der Waals surface area contributed by atoms with Crippen LogP contribution in [0.2, 0.25) is 0 Å². The highest BCUT2D eigenvalue weighted by atomic mass is 32.2. The Labute approximate surface area is 198 Å². The Morgan fingerprint density at radius 2 is 1.85 bits per heavy atom. The number of anilines is 1. The van der Waals surface area contributed by atoms with E-state index in [1.54, 1.807) is 34.4 Å². The lowest BCUT2D eigenvalue weighted by Gasteiger charge is -2.19. The highest BCUT2D eigenvalue weighted by molar-refractivity contribution is 7.99. The molecule has 0 saturated carbocycles. The smallest absolute Gasteiger partial charge is 0.277 e. The molecule has 2 aromatic carbocycles. The Hall–Kier alpha value is -3.04. The van der Waals surface area contributed by atoms with Crippen molar-refractivity contribution in [1.82, 2.24) is 15.2 Å². The van der Waals surface area contributed by atoms with Gasteiger partial charge in [-0.15, -0.1) is 21.5 Å². The zero-order valence-electron chi connectivity index (χ0n) is 17.7. The van der Waals surface area contributed by atoms with Crippen LogP contribution in [0.15, 0.2) is 64.2 Å². The van der Waals surface area contributed by atoms with Crippen molar-refractivity contribution in [3.8, 4) is 11.5 Å². The Kier molecular flexibility index (Phi) is 6.50. The molecule has 0 saturated heterocycles. The van der Waals surface area contributed by atoms with Crippen LogP contribution in [0.1, 0.15) is 29.0 Å². The normalized spacial score (nSPS) is 13.0. The van der Waals surface area contributed by atoms with Gasteiger partial charge < -0.3 is 4.42 Å². The number of aromatic nitrogens is 3. The first-order valence-electron chi connectivity index (χ1n) is 10.7. The fourth-order valence-corrected chi connectivity index (χ4v) is 5.50. The molecule has 1 aliphatic rings. The van der Waals surface area contributed by atoms with Crippen LogP contribution in [-0.2, 0) is 24.2 Å². The van der Waals surface area contributed by atoms with E-state index in [2.05, 4.69) is 10.2 Å². The highest BCUT2D eigenvalue weighted by Gasteiger charge is 2.24. The number of thiazole rings is 1. The molecular weight excluding hydrogens is 459 g/mol. The number of hydrogen-bond acceptors (Lipinski definition) is 7. The van der Waals surface area contributed by atoms with Gasteiger partial charge in [-0.2, -0.15) is 0 Å². The summed E-state index contributed by atoms with van der Waals surface area (Å²) in [6, 6.07) is 16.1. The van der Waals surface area contributed by atoms with Gasteiger partial charge in [-0.3, -0.25) is 9.69 Å². The molecule has 0 radical (unpaired) electrons. The number of halogens is 1. The number of carbonyl (C=O) groups excluding carboxylic acids is 1. The largest absolute Gasteiger partial charge is 0.411 e. The van der Waals surface area contributed by atoms with Gasteiger partial charge in [0.15, 0.2) is 5.13 Å². The fraction of sp³-hybridized carbons (Fsp3) is 0.250. The summed E-state index contributed by atoms with van der Waals surface area (Å²) < 4.78 is 19.6. The fourth-order valence-electron chi connectivity index (χ4n) is 3.70. The summed E-state index contributed by atoms with van der Waals surface area (Å²) in [7, 11) is 0. The maximum Gasteiger partial charge on any atom is 0.277 e. The summed E-state index contributed by atoms with van der Waals surface area (Å²) in [6.07, 6.45) is 4.30. The molecule has 0 aliphatic heterocycles. The minimum absolute atomic E-state index is 0.0942. The second kappa shape index (κ2) is 9.84. The molecule has 0 spiro atoms. The minimum atomic E-state index is -0.435. The van der Waals surface area contributed by atoms with Crippen molar-refractivity contribution in [3.05, 3.63) is 76.5 Å². The van der Waals surface area contributed by atoms with E-state index in [0.717, 1.165) is 47.4 Å². The van der Waals surface area contributed by atoms with E-state index in [0.29, 0.717) is 6.54 Å². The predicted octanol–water partition coefficient (Wildman–Crippen LogP) is 5.54. The molecule has 5 rings (SSSR count). The number of amides is 1. The molecule has 0 bridgehead atoms. The van der Waals surface area contributed by atoms with Gasteiger partial charge in [0.25, 0.3) is 11.1 Å². The zero-order valence-corrected chi connectivity index (χ0v) is 19.4. The molecule has 1 aliphatic carbocycles. The molecule has 168 valence electrons. The summed E-state index contributed by atoms with van der Waals surface area (Å²) in [5.41, 5.74) is 2.39. The lowest BCUT2D eigenvalue weighted by atomic mass is 10.0. The summed E-state index contributed by atoms with van der Waals surface area (Å²) in [4.78, 5) is 21.1. The van der Waals surface area contributed by atoms with Crippen LogP contribution in [0.25, 0.3) is 11.5 Å². The number of fused-ring (bicyclic) bond motifs is 1. The maximum absolute atomic E-state index is 14.0. The third-order valence-corrected chi connectivity index (χ3v) is 7.36. The van der Waals surface area contributed by atoms with Crippen LogP contribution in [-0.4, -0.2) is 26.8 Å². The van der Waals surface area contributed by atoms with E-state index in [-0.39, 0.29) is 28.3 Å². The van der Waals surface area contributed by atoms with Crippen LogP contribution < -0.4 is 4.90 Å². The molecule has 9 heteroatoms. The van der Waals surface area contributed by atoms with E-state index in [1.807, 2.05) is 30.3 Å². The first kappa shape index (κ1) is 21.8. The number of thioether (sulfide) groups is 1. The van der Waals surface area contributed by atoms with Crippen LogP contribution >= 0.6 is 23.1 Å². The van der Waals surface area contributed by atoms with Crippen molar-refractivity contribution >= 4 is 34.1 Å². The van der Waals surface area contributed by atoms with Gasteiger partial charge in [-0.05, 0) is 43.4 Å². The number of hydrogen-bond donors (Lipinski definition) is 0. The lowest BCUT2D eigenvalue weighted by molar-refractivity contribution is -0.116. The van der Waals surface area contributed by atoms with Gasteiger partial charge in [0, 0.05) is 4.88 Å². The Morgan fingerprint density at radius 1 is 1.06 bits per heavy atom. The van der Waals surface area contributed by atoms with Gasteiger partial charge >= 0.3 is 0 Å². The monoisotopic (exact) mass is 480 g/mol. The average Bonchev–Trinajstić information content (AvgIpc) is 3.49. The molecule has 2 heterocycles. The quantitative estimate of drug-likeness (QED) is 0.324. The predicted molar refractivity (Wildman–Crippen MR) is 127 cm³/mol. The molecule has 4 aromatic rings. The molecule has 0 fully saturated rings. The standard InChI is InChI=1S/C24H21FN4O2S2/c25-18-11-5-4-10-17(18)22-27-28-24(31-22)32-15-21(30)29(14-16-8-2-1-3-9-16)23-26-19-12-6-7-13-20(19)33-23/h1-5,8-11H,6-7,12-15H2. The van der Waals surface area contributed by atoms with Crippen molar-refractivity contribution in [1.29, 1.82) is 0 Å². The Morgan fingerprint density at radius 3 is 2.67 bits per heavy atom. The zero-order chi connectivity index (χ0) is 22.6. The van der Waals surface area contributed by atoms with Crippen LogP contribution in [0, 0.1) is 5.82 Å². The molecule has 0 atom stereocenters. The number of carbonyl (C=O) groups is 1. The SMILES string of the molecule is O=C(CSc1nnc(-c2ccccc2F)o1)N(Cc1ccccc1)c1nc2c(s1)CCCC2. The summed E-state index contributed by atoms with van der Waals surface area (Å²) in [6.45, 7) is 0.441. The van der Waals surface area contributed by atoms with Crippen molar-refractivity contribution in [3.63, 3.8) is 0 Å². The van der Waals surface area contributed by atoms with Gasteiger partial charge in [0.05, 0.1) is 23.6 Å². The number of benzene rings is 2. The summed E-state index contributed by atoms with van der Waals surface area (Å²) >= 11 is 2.75.